The van der Waals surface area contributed by atoms with E-state index in [1.54, 1.807) is 12.1 Å². The number of aromatic nitrogens is 2. The normalized spacial score (nSPS) is 15.8. The highest BCUT2D eigenvalue weighted by Crippen LogP contribution is 2.38. The maximum atomic E-state index is 13.9. The molecule has 3 aromatic rings. The third-order valence-electron chi connectivity index (χ3n) is 6.13. The van der Waals surface area contributed by atoms with Crippen molar-refractivity contribution in [1.29, 1.82) is 0 Å². The molecule has 0 radical (unpaired) electrons. The minimum absolute atomic E-state index is 0. The van der Waals surface area contributed by atoms with E-state index >= 15 is 0 Å². The average Bonchev–Trinajstić information content (AvgIpc) is 2.92. The Morgan fingerprint density at radius 3 is 2.72 bits per heavy atom. The zero-order valence-corrected chi connectivity index (χ0v) is 18.6. The summed E-state index contributed by atoms with van der Waals surface area (Å²) in [4.78, 5) is 7.14. The van der Waals surface area contributed by atoms with E-state index in [4.69, 9.17) is 4.98 Å². The van der Waals surface area contributed by atoms with Gasteiger partial charge in [0.05, 0.1) is 11.6 Å². The minimum Gasteiger partial charge on any atom is -0.348 e. The summed E-state index contributed by atoms with van der Waals surface area (Å²) >= 11 is 0. The van der Waals surface area contributed by atoms with Crippen molar-refractivity contribution in [3.8, 4) is 0 Å². The first kappa shape index (κ1) is 21.4. The molecule has 3 nitrogen and oxygen atoms in total. The lowest BCUT2D eigenvalue weighted by Crippen LogP contribution is -2.35. The number of fused-ring (bicyclic) bond motifs is 2. The van der Waals surface area contributed by atoms with E-state index in [1.807, 2.05) is 12.3 Å². The molecule has 4 rings (SSSR count). The second kappa shape index (κ2) is 8.19. The molecule has 5 heteroatoms. The summed E-state index contributed by atoms with van der Waals surface area (Å²) in [5.74, 6) is 0.829. The van der Waals surface area contributed by atoms with Crippen molar-refractivity contribution in [2.45, 2.75) is 53.6 Å². The van der Waals surface area contributed by atoms with Gasteiger partial charge in [-0.05, 0) is 75.9 Å². The molecule has 0 bridgehead atoms. The second-order valence-corrected chi connectivity index (χ2v) is 8.10. The van der Waals surface area contributed by atoms with E-state index in [2.05, 4.69) is 56.2 Å². The number of anilines is 1. The van der Waals surface area contributed by atoms with Crippen molar-refractivity contribution < 1.29 is 4.39 Å². The third-order valence-corrected chi connectivity index (χ3v) is 6.13. The number of rotatable bonds is 3. The van der Waals surface area contributed by atoms with Crippen LogP contribution >= 0.6 is 12.4 Å². The van der Waals surface area contributed by atoms with Gasteiger partial charge in [-0.3, -0.25) is 0 Å². The van der Waals surface area contributed by atoms with Crippen LogP contribution in [0.3, 0.4) is 0 Å². The highest BCUT2D eigenvalue weighted by Gasteiger charge is 2.28. The topological polar surface area (TPSA) is 21.1 Å². The van der Waals surface area contributed by atoms with E-state index < -0.39 is 0 Å². The van der Waals surface area contributed by atoms with E-state index in [1.165, 1.54) is 33.3 Å². The highest BCUT2D eigenvalue weighted by molar-refractivity contribution is 5.93. The number of nitrogens with zero attached hydrogens (tertiary/aromatic N) is 3. The monoisotopic (exact) mass is 413 g/mol. The fourth-order valence-electron chi connectivity index (χ4n) is 4.36. The van der Waals surface area contributed by atoms with Gasteiger partial charge in [0, 0.05) is 30.4 Å². The Hall–Kier alpha value is -2.33. The van der Waals surface area contributed by atoms with Gasteiger partial charge < -0.3 is 9.47 Å². The summed E-state index contributed by atoms with van der Waals surface area (Å²) in [5, 5.41) is 1.25. The van der Waals surface area contributed by atoms with E-state index in [0.29, 0.717) is 0 Å². The molecule has 0 aliphatic carbocycles. The van der Waals surface area contributed by atoms with Crippen LogP contribution in [0.4, 0.5) is 10.2 Å². The largest absolute Gasteiger partial charge is 0.348 e. The number of halogens is 2. The molecule has 1 aliphatic heterocycles. The van der Waals surface area contributed by atoms with Crippen molar-refractivity contribution in [2.24, 2.45) is 0 Å². The molecule has 3 heterocycles. The van der Waals surface area contributed by atoms with E-state index in [0.717, 1.165) is 30.9 Å². The molecule has 29 heavy (non-hydrogen) atoms. The van der Waals surface area contributed by atoms with Crippen LogP contribution in [0.15, 0.2) is 42.1 Å². The number of benzene rings is 1. The molecule has 0 amide bonds. The lowest BCUT2D eigenvalue weighted by molar-refractivity contribution is 0.590. The Morgan fingerprint density at radius 2 is 2.00 bits per heavy atom. The Bertz CT molecular complexity index is 1080. The van der Waals surface area contributed by atoms with Crippen LogP contribution in [0.1, 0.15) is 49.2 Å². The van der Waals surface area contributed by atoms with Crippen molar-refractivity contribution in [3.05, 3.63) is 70.3 Å². The van der Waals surface area contributed by atoms with Crippen LogP contribution < -0.4 is 4.90 Å². The summed E-state index contributed by atoms with van der Waals surface area (Å²) in [6.45, 7) is 12.5. The first-order chi connectivity index (χ1) is 13.4. The Morgan fingerprint density at radius 1 is 1.24 bits per heavy atom. The van der Waals surface area contributed by atoms with E-state index in [-0.39, 0.29) is 24.3 Å². The predicted molar refractivity (Wildman–Crippen MR) is 122 cm³/mol. The van der Waals surface area contributed by atoms with E-state index in [9.17, 15) is 4.39 Å². The Kier molecular flexibility index (Phi) is 6.04. The number of hydrogen-bond acceptors (Lipinski definition) is 2. The smallest absolute Gasteiger partial charge is 0.153 e. The summed E-state index contributed by atoms with van der Waals surface area (Å²) < 4.78 is 16.3. The molecule has 1 aromatic carbocycles. The first-order valence-corrected chi connectivity index (χ1v) is 10.0. The minimum atomic E-state index is -0.169. The van der Waals surface area contributed by atoms with Gasteiger partial charge in [-0.25, -0.2) is 9.37 Å². The zero-order chi connectivity index (χ0) is 20.0. The number of aryl methyl sites for hydroxylation is 1. The van der Waals surface area contributed by atoms with Gasteiger partial charge >= 0.3 is 0 Å². The van der Waals surface area contributed by atoms with Crippen LogP contribution in [0.2, 0.25) is 0 Å². The molecule has 0 N–H and O–H groups in total. The van der Waals surface area contributed by atoms with Gasteiger partial charge in [0.25, 0.3) is 0 Å². The third kappa shape index (κ3) is 3.66. The molecular weight excluding hydrogens is 385 g/mol. The molecule has 1 atom stereocenters. The molecule has 1 aliphatic rings. The quantitative estimate of drug-likeness (QED) is 0.469. The summed E-state index contributed by atoms with van der Waals surface area (Å²) in [7, 11) is 0. The number of hydrogen-bond donors (Lipinski definition) is 0. The molecule has 0 fully saturated rings. The SMILES string of the molecule is CC(C)=CCn1c(C)c(C)c2ccnc(N3CCc4ccc(F)cc4C3C)c21.Cl. The maximum absolute atomic E-state index is 13.9. The molecule has 0 spiro atoms. The number of allylic oxidation sites excluding steroid dienone is 2. The Balaban J connectivity index is 0.00000240. The summed E-state index contributed by atoms with van der Waals surface area (Å²) in [5.41, 5.74) is 7.38. The lowest BCUT2D eigenvalue weighted by Gasteiger charge is -2.36. The van der Waals surface area contributed by atoms with Crippen LogP contribution in [-0.2, 0) is 13.0 Å². The number of pyridine rings is 1. The Labute approximate surface area is 178 Å². The first-order valence-electron chi connectivity index (χ1n) is 10.0. The van der Waals surface area contributed by atoms with Crippen LogP contribution in [-0.4, -0.2) is 16.1 Å². The fraction of sp³-hybridized carbons (Fsp3) is 0.375. The molecule has 1 unspecified atom stereocenters. The van der Waals surface area contributed by atoms with Gasteiger partial charge in [-0.1, -0.05) is 17.7 Å². The molecule has 0 saturated heterocycles. The highest BCUT2D eigenvalue weighted by atomic mass is 35.5. The zero-order valence-electron chi connectivity index (χ0n) is 17.8. The summed E-state index contributed by atoms with van der Waals surface area (Å²) in [6.07, 6.45) is 5.07. The molecular formula is C24H29ClFN3. The van der Waals surface area contributed by atoms with Gasteiger partial charge in [0.15, 0.2) is 5.82 Å². The average molecular weight is 414 g/mol. The fourth-order valence-corrected chi connectivity index (χ4v) is 4.36. The van der Waals surface area contributed by atoms with Crippen LogP contribution in [0.5, 0.6) is 0 Å². The van der Waals surface area contributed by atoms with Gasteiger partial charge in [0.2, 0.25) is 0 Å². The lowest BCUT2D eigenvalue weighted by atomic mass is 9.93. The van der Waals surface area contributed by atoms with Gasteiger partial charge in [0.1, 0.15) is 5.82 Å². The second-order valence-electron chi connectivity index (χ2n) is 8.10. The van der Waals surface area contributed by atoms with Gasteiger partial charge in [-0.15, -0.1) is 12.4 Å². The van der Waals surface area contributed by atoms with Crippen molar-refractivity contribution >= 4 is 29.1 Å². The summed E-state index contributed by atoms with van der Waals surface area (Å²) in [6, 6.07) is 7.38. The van der Waals surface area contributed by atoms with Crippen molar-refractivity contribution in [3.63, 3.8) is 0 Å². The van der Waals surface area contributed by atoms with Crippen molar-refractivity contribution in [2.75, 3.05) is 11.4 Å². The molecule has 2 aromatic heterocycles. The van der Waals surface area contributed by atoms with Crippen LogP contribution in [0, 0.1) is 19.7 Å². The maximum Gasteiger partial charge on any atom is 0.153 e. The molecule has 154 valence electrons. The van der Waals surface area contributed by atoms with Crippen molar-refractivity contribution in [1.82, 2.24) is 9.55 Å². The van der Waals surface area contributed by atoms with Gasteiger partial charge in [-0.2, -0.15) is 0 Å². The van der Waals surface area contributed by atoms with Crippen LogP contribution in [0.25, 0.3) is 10.9 Å². The standard InChI is InChI=1S/C24H28FN3.ClH/c1-15(2)9-12-27-17(4)16(3)21-8-11-26-24(23(21)27)28-13-10-19-6-7-20(25)14-22(19)18(28)5;/h6-9,11,14,18H,10,12-13H2,1-5H3;1H. The molecule has 0 saturated carbocycles. The predicted octanol–water partition coefficient (Wildman–Crippen LogP) is 6.30.